The van der Waals surface area contributed by atoms with Crippen LogP contribution in [0, 0.1) is 5.82 Å². The van der Waals surface area contributed by atoms with Crippen molar-refractivity contribution in [2.24, 2.45) is 0 Å². The number of carbonyl (C=O) groups is 1. The SMILES string of the molecule is COc1cccc(C(=O)Nc2cc(F)c3nc(N4CCCC4)ccc3c2)c1. The highest BCUT2D eigenvalue weighted by Gasteiger charge is 2.16. The van der Waals surface area contributed by atoms with Gasteiger partial charge in [-0.05, 0) is 55.3 Å². The summed E-state index contributed by atoms with van der Waals surface area (Å²) in [5.74, 6) is 0.613. The molecule has 6 heteroatoms. The molecule has 0 bridgehead atoms. The first-order chi connectivity index (χ1) is 13.1. The number of fused-ring (bicyclic) bond motifs is 1. The first-order valence-electron chi connectivity index (χ1n) is 8.95. The van der Waals surface area contributed by atoms with Crippen LogP contribution in [0.3, 0.4) is 0 Å². The number of nitrogens with one attached hydrogen (secondary N) is 1. The van der Waals surface area contributed by atoms with Crippen molar-refractivity contribution in [1.29, 1.82) is 0 Å². The van der Waals surface area contributed by atoms with Gasteiger partial charge in [-0.2, -0.15) is 0 Å². The third kappa shape index (κ3) is 3.56. The number of methoxy groups -OCH3 is 1. The van der Waals surface area contributed by atoms with Crippen molar-refractivity contribution in [3.8, 4) is 5.75 Å². The second-order valence-electron chi connectivity index (χ2n) is 6.58. The molecular weight excluding hydrogens is 345 g/mol. The van der Waals surface area contributed by atoms with Crippen LogP contribution in [0.25, 0.3) is 10.9 Å². The average Bonchev–Trinajstić information content (AvgIpc) is 3.22. The largest absolute Gasteiger partial charge is 0.497 e. The number of hydrogen-bond acceptors (Lipinski definition) is 4. The fourth-order valence-electron chi connectivity index (χ4n) is 3.34. The molecule has 0 atom stereocenters. The Kier molecular flexibility index (Phi) is 4.62. The van der Waals surface area contributed by atoms with E-state index in [-0.39, 0.29) is 5.91 Å². The molecule has 0 spiro atoms. The third-order valence-corrected chi connectivity index (χ3v) is 4.75. The van der Waals surface area contributed by atoms with Crippen LogP contribution in [0.5, 0.6) is 5.75 Å². The van der Waals surface area contributed by atoms with Gasteiger partial charge in [0.05, 0.1) is 7.11 Å². The minimum atomic E-state index is -0.450. The predicted molar refractivity (Wildman–Crippen MR) is 104 cm³/mol. The molecule has 0 saturated carbocycles. The monoisotopic (exact) mass is 365 g/mol. The minimum absolute atomic E-state index is 0.318. The van der Waals surface area contributed by atoms with Crippen LogP contribution < -0.4 is 15.0 Å². The summed E-state index contributed by atoms with van der Waals surface area (Å²) in [4.78, 5) is 19.1. The molecule has 0 unspecified atom stereocenters. The number of rotatable bonds is 4. The van der Waals surface area contributed by atoms with Crippen LogP contribution in [-0.4, -0.2) is 31.1 Å². The van der Waals surface area contributed by atoms with Gasteiger partial charge in [0, 0.05) is 29.7 Å². The van der Waals surface area contributed by atoms with Gasteiger partial charge in [0.1, 0.15) is 17.1 Å². The Bertz CT molecular complexity index is 1000. The maximum absolute atomic E-state index is 14.6. The number of pyridine rings is 1. The van der Waals surface area contributed by atoms with Crippen LogP contribution in [0.1, 0.15) is 23.2 Å². The van der Waals surface area contributed by atoms with Crippen LogP contribution >= 0.6 is 0 Å². The highest BCUT2D eigenvalue weighted by Crippen LogP contribution is 2.26. The highest BCUT2D eigenvalue weighted by atomic mass is 19.1. The number of ether oxygens (including phenoxy) is 1. The lowest BCUT2D eigenvalue weighted by atomic mass is 10.1. The lowest BCUT2D eigenvalue weighted by Crippen LogP contribution is -2.18. The highest BCUT2D eigenvalue weighted by molar-refractivity contribution is 6.05. The molecule has 0 aliphatic carbocycles. The molecule has 4 rings (SSSR count). The predicted octanol–water partition coefficient (Wildman–Crippen LogP) is 4.24. The molecule has 2 heterocycles. The third-order valence-electron chi connectivity index (χ3n) is 4.75. The molecule has 5 nitrogen and oxygen atoms in total. The van der Waals surface area contributed by atoms with Gasteiger partial charge in [-0.1, -0.05) is 6.07 Å². The molecule has 1 fully saturated rings. The Labute approximate surface area is 156 Å². The van der Waals surface area contributed by atoms with E-state index in [1.165, 1.54) is 6.07 Å². The molecule has 27 heavy (non-hydrogen) atoms. The fourth-order valence-corrected chi connectivity index (χ4v) is 3.34. The zero-order chi connectivity index (χ0) is 18.8. The Morgan fingerprint density at radius 3 is 2.74 bits per heavy atom. The number of amides is 1. The van der Waals surface area contributed by atoms with Gasteiger partial charge >= 0.3 is 0 Å². The zero-order valence-electron chi connectivity index (χ0n) is 15.0. The number of nitrogens with zero attached hydrogens (tertiary/aromatic N) is 2. The maximum atomic E-state index is 14.6. The van der Waals surface area contributed by atoms with Crippen LogP contribution in [0.4, 0.5) is 15.9 Å². The molecule has 1 saturated heterocycles. The van der Waals surface area contributed by atoms with E-state index in [0.29, 0.717) is 27.9 Å². The van der Waals surface area contributed by atoms with Gasteiger partial charge in [-0.3, -0.25) is 4.79 Å². The number of anilines is 2. The molecule has 1 aliphatic rings. The standard InChI is InChI=1S/C21H20FN3O2/c1-27-17-6-4-5-15(12-17)21(26)23-16-11-14-7-8-19(25-9-2-3-10-25)24-20(14)18(22)13-16/h4-8,11-13H,2-3,9-10H2,1H3,(H,23,26). The quantitative estimate of drug-likeness (QED) is 0.752. The maximum Gasteiger partial charge on any atom is 0.255 e. The van der Waals surface area contributed by atoms with Crippen LogP contribution in [0.2, 0.25) is 0 Å². The fraction of sp³-hybridized carbons (Fsp3) is 0.238. The number of hydrogen-bond donors (Lipinski definition) is 1. The normalized spacial score (nSPS) is 13.8. The van der Waals surface area contributed by atoms with E-state index in [9.17, 15) is 9.18 Å². The lowest BCUT2D eigenvalue weighted by molar-refractivity contribution is 0.102. The zero-order valence-corrected chi connectivity index (χ0v) is 15.0. The molecule has 138 valence electrons. The molecule has 2 aromatic carbocycles. The van der Waals surface area contributed by atoms with E-state index in [1.807, 2.05) is 12.1 Å². The lowest BCUT2D eigenvalue weighted by Gasteiger charge is -2.17. The summed E-state index contributed by atoms with van der Waals surface area (Å²) in [5, 5.41) is 3.39. The first-order valence-corrected chi connectivity index (χ1v) is 8.95. The number of benzene rings is 2. The van der Waals surface area contributed by atoms with Crippen LogP contribution in [0.15, 0.2) is 48.5 Å². The van der Waals surface area contributed by atoms with E-state index >= 15 is 0 Å². The number of halogens is 1. The van der Waals surface area contributed by atoms with Gasteiger partial charge in [0.2, 0.25) is 0 Å². The summed E-state index contributed by atoms with van der Waals surface area (Å²) < 4.78 is 19.8. The van der Waals surface area contributed by atoms with Gasteiger partial charge in [0.25, 0.3) is 5.91 Å². The van der Waals surface area contributed by atoms with Crippen molar-refractivity contribution in [2.45, 2.75) is 12.8 Å². The second-order valence-corrected chi connectivity index (χ2v) is 6.58. The van der Waals surface area contributed by atoms with Crippen molar-refractivity contribution >= 4 is 28.3 Å². The van der Waals surface area contributed by atoms with E-state index in [1.54, 1.807) is 37.4 Å². The second kappa shape index (κ2) is 7.23. The molecule has 0 radical (unpaired) electrons. The van der Waals surface area contributed by atoms with E-state index in [2.05, 4.69) is 15.2 Å². The summed E-state index contributed by atoms with van der Waals surface area (Å²) in [6.45, 7) is 1.91. The van der Waals surface area contributed by atoms with Crippen molar-refractivity contribution in [3.63, 3.8) is 0 Å². The first kappa shape index (κ1) is 17.3. The number of aromatic nitrogens is 1. The molecule has 3 aromatic rings. The van der Waals surface area contributed by atoms with Gasteiger partial charge in [-0.15, -0.1) is 0 Å². The molecule has 1 amide bonds. The topological polar surface area (TPSA) is 54.5 Å². The average molecular weight is 365 g/mol. The molecule has 1 aliphatic heterocycles. The van der Waals surface area contributed by atoms with Crippen LogP contribution in [-0.2, 0) is 0 Å². The summed E-state index contributed by atoms with van der Waals surface area (Å²) in [7, 11) is 1.54. The summed E-state index contributed by atoms with van der Waals surface area (Å²) in [6, 6.07) is 13.6. The molecule has 1 aromatic heterocycles. The number of carbonyl (C=O) groups excluding carboxylic acids is 1. The Hall–Kier alpha value is -3.15. The van der Waals surface area contributed by atoms with Crippen molar-refractivity contribution in [1.82, 2.24) is 4.98 Å². The van der Waals surface area contributed by atoms with Crippen molar-refractivity contribution < 1.29 is 13.9 Å². The van der Waals surface area contributed by atoms with Gasteiger partial charge in [-0.25, -0.2) is 9.37 Å². The van der Waals surface area contributed by atoms with Gasteiger partial charge < -0.3 is 15.0 Å². The smallest absolute Gasteiger partial charge is 0.255 e. The minimum Gasteiger partial charge on any atom is -0.497 e. The Morgan fingerprint density at radius 1 is 1.15 bits per heavy atom. The molecule has 1 N–H and O–H groups in total. The summed E-state index contributed by atoms with van der Waals surface area (Å²) >= 11 is 0. The van der Waals surface area contributed by atoms with E-state index < -0.39 is 5.82 Å². The van der Waals surface area contributed by atoms with Gasteiger partial charge in [0.15, 0.2) is 5.82 Å². The van der Waals surface area contributed by atoms with E-state index in [4.69, 9.17) is 4.74 Å². The Balaban J connectivity index is 1.60. The van der Waals surface area contributed by atoms with E-state index in [0.717, 1.165) is 31.7 Å². The summed E-state index contributed by atoms with van der Waals surface area (Å²) in [6.07, 6.45) is 2.27. The summed E-state index contributed by atoms with van der Waals surface area (Å²) in [5.41, 5.74) is 1.15. The molecular formula is C21H20FN3O2. The Morgan fingerprint density at radius 2 is 1.96 bits per heavy atom. The van der Waals surface area contributed by atoms with Crippen molar-refractivity contribution in [3.05, 3.63) is 59.9 Å². The van der Waals surface area contributed by atoms with Crippen molar-refractivity contribution in [2.75, 3.05) is 30.4 Å².